The van der Waals surface area contributed by atoms with Gasteiger partial charge in [0.25, 0.3) is 0 Å². The molecule has 0 atom stereocenters. The number of hydrogen-bond acceptors (Lipinski definition) is 4. The number of carbonyl (C=O) groups is 1. The van der Waals surface area contributed by atoms with E-state index in [0.29, 0.717) is 33.6 Å². The van der Waals surface area contributed by atoms with Gasteiger partial charge in [-0.05, 0) is 24.3 Å². The summed E-state index contributed by atoms with van der Waals surface area (Å²) < 4.78 is 10.4. The first kappa shape index (κ1) is 13.4. The Balaban J connectivity index is 1.71. The van der Waals surface area contributed by atoms with E-state index in [-0.39, 0.29) is 6.79 Å². The molecule has 0 saturated heterocycles. The number of hydrogen-bond donors (Lipinski definition) is 3. The van der Waals surface area contributed by atoms with Crippen LogP contribution >= 0.6 is 11.6 Å². The van der Waals surface area contributed by atoms with Gasteiger partial charge in [-0.15, -0.1) is 0 Å². The molecule has 0 fully saturated rings. The van der Waals surface area contributed by atoms with Crippen LogP contribution in [0.2, 0.25) is 5.02 Å². The van der Waals surface area contributed by atoms with Crippen LogP contribution in [0.25, 0.3) is 0 Å². The Kier molecular flexibility index (Phi) is 3.45. The van der Waals surface area contributed by atoms with Gasteiger partial charge in [0.1, 0.15) is 0 Å². The van der Waals surface area contributed by atoms with Gasteiger partial charge >= 0.3 is 6.03 Å². The van der Waals surface area contributed by atoms with Crippen molar-refractivity contribution in [3.05, 3.63) is 41.4 Å². The first-order chi connectivity index (χ1) is 10.1. The number of nitrogens with one attached hydrogen (secondary N) is 2. The van der Waals surface area contributed by atoms with E-state index < -0.39 is 6.03 Å². The molecular formula is C14H12ClN3O3. The second-order valence-electron chi connectivity index (χ2n) is 4.38. The van der Waals surface area contributed by atoms with Crippen molar-refractivity contribution in [2.45, 2.75) is 0 Å². The van der Waals surface area contributed by atoms with E-state index in [1.807, 2.05) is 0 Å². The molecule has 0 radical (unpaired) electrons. The summed E-state index contributed by atoms with van der Waals surface area (Å²) in [6.45, 7) is 0.148. The maximum Gasteiger partial charge on any atom is 0.323 e. The summed E-state index contributed by atoms with van der Waals surface area (Å²) in [7, 11) is 0. The van der Waals surface area contributed by atoms with Gasteiger partial charge in [-0.25, -0.2) is 4.79 Å². The van der Waals surface area contributed by atoms with Gasteiger partial charge in [0.05, 0.1) is 11.4 Å². The molecule has 6 nitrogen and oxygen atoms in total. The number of amides is 2. The maximum absolute atomic E-state index is 11.9. The highest BCUT2D eigenvalue weighted by Gasteiger charge is 2.17. The molecule has 4 N–H and O–H groups in total. The van der Waals surface area contributed by atoms with Crippen molar-refractivity contribution in [2.24, 2.45) is 0 Å². The number of nitrogen functional groups attached to an aromatic ring is 1. The van der Waals surface area contributed by atoms with E-state index in [1.54, 1.807) is 36.4 Å². The van der Waals surface area contributed by atoms with Gasteiger partial charge in [-0.3, -0.25) is 0 Å². The third-order valence-corrected chi connectivity index (χ3v) is 3.15. The number of benzene rings is 2. The number of anilines is 3. The summed E-state index contributed by atoms with van der Waals surface area (Å²) in [5, 5.41) is 5.93. The Morgan fingerprint density at radius 1 is 1.10 bits per heavy atom. The molecule has 2 amide bonds. The fourth-order valence-electron chi connectivity index (χ4n) is 1.88. The zero-order chi connectivity index (χ0) is 14.8. The summed E-state index contributed by atoms with van der Waals surface area (Å²) in [6, 6.07) is 9.59. The third kappa shape index (κ3) is 2.95. The fraction of sp³-hybridized carbons (Fsp3) is 0.0714. The first-order valence-corrected chi connectivity index (χ1v) is 6.52. The number of carbonyl (C=O) groups excluding carboxylic acids is 1. The minimum Gasteiger partial charge on any atom is -0.454 e. The SMILES string of the molecule is Nc1cc2c(cc1NC(=O)Nc1ccc(Cl)cc1)OCO2. The molecule has 0 unspecified atom stereocenters. The highest BCUT2D eigenvalue weighted by atomic mass is 35.5. The van der Waals surface area contributed by atoms with E-state index >= 15 is 0 Å². The van der Waals surface area contributed by atoms with E-state index in [1.165, 1.54) is 0 Å². The van der Waals surface area contributed by atoms with Gasteiger partial charge in [0.15, 0.2) is 11.5 Å². The summed E-state index contributed by atoms with van der Waals surface area (Å²) in [4.78, 5) is 11.9. The summed E-state index contributed by atoms with van der Waals surface area (Å²) in [5.41, 5.74) is 7.32. The lowest BCUT2D eigenvalue weighted by atomic mass is 10.2. The Morgan fingerprint density at radius 2 is 1.76 bits per heavy atom. The highest BCUT2D eigenvalue weighted by molar-refractivity contribution is 6.30. The zero-order valence-corrected chi connectivity index (χ0v) is 11.6. The van der Waals surface area contributed by atoms with Gasteiger partial charge < -0.3 is 25.8 Å². The normalized spacial score (nSPS) is 12.0. The van der Waals surface area contributed by atoms with Crippen molar-refractivity contribution in [1.29, 1.82) is 0 Å². The number of urea groups is 1. The lowest BCUT2D eigenvalue weighted by molar-refractivity contribution is 0.174. The number of nitrogens with two attached hydrogens (primary N) is 1. The van der Waals surface area contributed by atoms with Crippen LogP contribution in [0.15, 0.2) is 36.4 Å². The molecule has 0 aromatic heterocycles. The molecule has 21 heavy (non-hydrogen) atoms. The quantitative estimate of drug-likeness (QED) is 0.743. The van der Waals surface area contributed by atoms with Crippen molar-refractivity contribution in [2.75, 3.05) is 23.2 Å². The zero-order valence-electron chi connectivity index (χ0n) is 10.9. The second kappa shape index (κ2) is 5.41. The van der Waals surface area contributed by atoms with Crippen LogP contribution in [0.4, 0.5) is 21.9 Å². The summed E-state index contributed by atoms with van der Waals surface area (Å²) >= 11 is 5.78. The minimum atomic E-state index is -0.414. The molecular weight excluding hydrogens is 294 g/mol. The average molecular weight is 306 g/mol. The first-order valence-electron chi connectivity index (χ1n) is 6.14. The molecule has 3 rings (SSSR count). The summed E-state index contributed by atoms with van der Waals surface area (Å²) in [6.07, 6.45) is 0. The largest absolute Gasteiger partial charge is 0.454 e. The number of halogens is 1. The average Bonchev–Trinajstić information content (AvgIpc) is 2.89. The van der Waals surface area contributed by atoms with Crippen molar-refractivity contribution in [1.82, 2.24) is 0 Å². The molecule has 1 aliphatic rings. The van der Waals surface area contributed by atoms with Gasteiger partial charge in [0, 0.05) is 22.8 Å². The van der Waals surface area contributed by atoms with Crippen molar-refractivity contribution >= 4 is 34.7 Å². The van der Waals surface area contributed by atoms with Crippen molar-refractivity contribution < 1.29 is 14.3 Å². The molecule has 1 aliphatic heterocycles. The van der Waals surface area contributed by atoms with Crippen molar-refractivity contribution in [3.8, 4) is 11.5 Å². The molecule has 0 bridgehead atoms. The molecule has 2 aromatic carbocycles. The van der Waals surface area contributed by atoms with Crippen LogP contribution in [0, 0.1) is 0 Å². The Labute approximate surface area is 125 Å². The molecule has 1 heterocycles. The van der Waals surface area contributed by atoms with Crippen LogP contribution in [-0.4, -0.2) is 12.8 Å². The molecule has 2 aromatic rings. The highest BCUT2D eigenvalue weighted by Crippen LogP contribution is 2.38. The topological polar surface area (TPSA) is 85.6 Å². The maximum atomic E-state index is 11.9. The third-order valence-electron chi connectivity index (χ3n) is 2.90. The predicted octanol–water partition coefficient (Wildman–Crippen LogP) is 3.29. The molecule has 0 saturated carbocycles. The fourth-order valence-corrected chi connectivity index (χ4v) is 2.01. The molecule has 108 valence electrons. The van der Waals surface area contributed by atoms with E-state index in [4.69, 9.17) is 26.8 Å². The van der Waals surface area contributed by atoms with Crippen molar-refractivity contribution in [3.63, 3.8) is 0 Å². The Hall–Kier alpha value is -2.60. The van der Waals surface area contributed by atoms with E-state index in [2.05, 4.69) is 10.6 Å². The Morgan fingerprint density at radius 3 is 2.48 bits per heavy atom. The van der Waals surface area contributed by atoms with E-state index in [9.17, 15) is 4.79 Å². The second-order valence-corrected chi connectivity index (χ2v) is 4.82. The van der Waals surface area contributed by atoms with Gasteiger partial charge in [-0.1, -0.05) is 11.6 Å². The van der Waals surface area contributed by atoms with Crippen LogP contribution in [0.5, 0.6) is 11.5 Å². The Bertz CT molecular complexity index is 689. The van der Waals surface area contributed by atoms with Gasteiger partial charge in [-0.2, -0.15) is 0 Å². The predicted molar refractivity (Wildman–Crippen MR) is 81.1 cm³/mol. The molecule has 0 aliphatic carbocycles. The van der Waals surface area contributed by atoms with Crippen LogP contribution in [0.3, 0.4) is 0 Å². The number of rotatable bonds is 2. The van der Waals surface area contributed by atoms with Gasteiger partial charge in [0.2, 0.25) is 6.79 Å². The standard InChI is InChI=1S/C14H12ClN3O3/c15-8-1-3-9(4-2-8)17-14(19)18-11-6-13-12(5-10(11)16)20-7-21-13/h1-6H,7,16H2,(H2,17,18,19). The smallest absolute Gasteiger partial charge is 0.323 e. The van der Waals surface area contributed by atoms with E-state index in [0.717, 1.165) is 0 Å². The van der Waals surface area contributed by atoms with Crippen LogP contribution < -0.4 is 25.8 Å². The summed E-state index contributed by atoms with van der Waals surface area (Å²) in [5.74, 6) is 1.11. The molecule has 0 spiro atoms. The minimum absolute atomic E-state index is 0.148. The van der Waals surface area contributed by atoms with Crippen LogP contribution in [-0.2, 0) is 0 Å². The lowest BCUT2D eigenvalue weighted by Gasteiger charge is -2.10. The molecule has 7 heteroatoms. The number of fused-ring (bicyclic) bond motifs is 1. The monoisotopic (exact) mass is 305 g/mol. The van der Waals surface area contributed by atoms with Crippen LogP contribution in [0.1, 0.15) is 0 Å². The lowest BCUT2D eigenvalue weighted by Crippen LogP contribution is -2.20. The number of ether oxygens (including phenoxy) is 2.